The number of piperazine rings is 1. The van der Waals surface area contributed by atoms with Gasteiger partial charge >= 0.3 is 0 Å². The molecule has 1 unspecified atom stereocenters. The number of amides is 1. The zero-order valence-corrected chi connectivity index (χ0v) is 15.4. The maximum absolute atomic E-state index is 12.6. The third kappa shape index (κ3) is 4.75. The van der Waals surface area contributed by atoms with Crippen LogP contribution >= 0.6 is 11.6 Å². The smallest absolute Gasteiger partial charge is 0.244 e. The number of carbonyl (C=O) groups is 1. The van der Waals surface area contributed by atoms with Crippen LogP contribution in [0.3, 0.4) is 0 Å². The Morgan fingerprint density at radius 2 is 1.69 bits per heavy atom. The molecule has 0 radical (unpaired) electrons. The van der Waals surface area contributed by atoms with E-state index in [1.807, 2.05) is 59.5 Å². The molecule has 6 heteroatoms. The Morgan fingerprint density at radius 3 is 2.38 bits per heavy atom. The Morgan fingerprint density at radius 1 is 1.04 bits per heavy atom. The van der Waals surface area contributed by atoms with Crippen LogP contribution in [0.4, 0.5) is 0 Å². The van der Waals surface area contributed by atoms with Crippen molar-refractivity contribution in [3.05, 3.63) is 65.2 Å². The minimum atomic E-state index is -0.591. The first-order valence-electron chi connectivity index (χ1n) is 8.84. The highest BCUT2D eigenvalue weighted by atomic mass is 35.5. The van der Waals surface area contributed by atoms with Crippen LogP contribution in [0.25, 0.3) is 0 Å². The lowest BCUT2D eigenvalue weighted by atomic mass is 10.1. The number of nitrogens with two attached hydrogens (primary N) is 1. The number of halogens is 1. The van der Waals surface area contributed by atoms with Gasteiger partial charge in [-0.05, 0) is 17.7 Å². The van der Waals surface area contributed by atoms with Crippen LogP contribution in [0.15, 0.2) is 54.6 Å². The van der Waals surface area contributed by atoms with E-state index in [1.165, 1.54) is 0 Å². The maximum Gasteiger partial charge on any atom is 0.244 e. The van der Waals surface area contributed by atoms with Crippen LogP contribution in [0.1, 0.15) is 11.6 Å². The maximum atomic E-state index is 12.6. The van der Waals surface area contributed by atoms with Crippen LogP contribution in [0.2, 0.25) is 5.02 Å². The van der Waals surface area contributed by atoms with E-state index in [4.69, 9.17) is 22.1 Å². The van der Waals surface area contributed by atoms with Gasteiger partial charge in [-0.1, -0.05) is 54.1 Å². The van der Waals surface area contributed by atoms with Crippen molar-refractivity contribution in [2.45, 2.75) is 6.04 Å². The van der Waals surface area contributed by atoms with Crippen LogP contribution < -0.4 is 10.5 Å². The molecule has 26 heavy (non-hydrogen) atoms. The highest BCUT2D eigenvalue weighted by Crippen LogP contribution is 2.23. The van der Waals surface area contributed by atoms with Gasteiger partial charge in [-0.25, -0.2) is 0 Å². The number of nitrogens with zero attached hydrogens (tertiary/aromatic N) is 2. The monoisotopic (exact) mass is 373 g/mol. The third-order valence-electron chi connectivity index (χ3n) is 4.61. The predicted molar refractivity (Wildman–Crippen MR) is 103 cm³/mol. The summed E-state index contributed by atoms with van der Waals surface area (Å²) in [7, 11) is 0. The minimum absolute atomic E-state index is 0.0110. The zero-order valence-electron chi connectivity index (χ0n) is 14.7. The van der Waals surface area contributed by atoms with Gasteiger partial charge in [0.1, 0.15) is 18.4 Å². The molecule has 1 aliphatic heterocycles. The van der Waals surface area contributed by atoms with Crippen molar-refractivity contribution >= 4 is 17.5 Å². The van der Waals surface area contributed by atoms with E-state index in [-0.39, 0.29) is 5.91 Å². The average Bonchev–Trinajstić information content (AvgIpc) is 2.69. The molecule has 0 bridgehead atoms. The molecule has 2 aromatic carbocycles. The molecule has 1 heterocycles. The lowest BCUT2D eigenvalue weighted by Gasteiger charge is -2.35. The number of hydrogen-bond donors (Lipinski definition) is 1. The number of benzene rings is 2. The van der Waals surface area contributed by atoms with Gasteiger partial charge in [0.15, 0.2) is 0 Å². The Labute approximate surface area is 159 Å². The molecular formula is C20H24ClN3O2. The molecule has 2 N–H and O–H groups in total. The van der Waals surface area contributed by atoms with E-state index in [1.54, 1.807) is 0 Å². The van der Waals surface area contributed by atoms with E-state index >= 15 is 0 Å². The normalized spacial score (nSPS) is 16.3. The van der Waals surface area contributed by atoms with Crippen molar-refractivity contribution in [3.63, 3.8) is 0 Å². The van der Waals surface area contributed by atoms with E-state index < -0.39 is 6.04 Å². The fraction of sp³-hybridized carbons (Fsp3) is 0.350. The molecule has 2 aromatic rings. The Balaban J connectivity index is 1.42. The Kier molecular flexibility index (Phi) is 6.50. The topological polar surface area (TPSA) is 58.8 Å². The van der Waals surface area contributed by atoms with Crippen molar-refractivity contribution in [1.82, 2.24) is 9.80 Å². The Bertz CT molecular complexity index is 718. The molecule has 0 saturated carbocycles. The van der Waals surface area contributed by atoms with Crippen molar-refractivity contribution in [1.29, 1.82) is 0 Å². The van der Waals surface area contributed by atoms with Crippen LogP contribution in [-0.2, 0) is 4.79 Å². The van der Waals surface area contributed by atoms with Gasteiger partial charge in [0.05, 0.1) is 5.02 Å². The summed E-state index contributed by atoms with van der Waals surface area (Å²) in [5, 5.41) is 0.623. The van der Waals surface area contributed by atoms with Crippen molar-refractivity contribution < 1.29 is 9.53 Å². The first-order chi connectivity index (χ1) is 12.6. The summed E-state index contributed by atoms with van der Waals surface area (Å²) in [4.78, 5) is 16.7. The van der Waals surface area contributed by atoms with Gasteiger partial charge in [0.25, 0.3) is 0 Å². The quantitative estimate of drug-likeness (QED) is 0.845. The van der Waals surface area contributed by atoms with Crippen LogP contribution in [0.5, 0.6) is 5.75 Å². The summed E-state index contributed by atoms with van der Waals surface area (Å²) in [6.07, 6.45) is 0. The molecule has 3 rings (SSSR count). The molecule has 0 aliphatic carbocycles. The summed E-state index contributed by atoms with van der Waals surface area (Å²) in [6, 6.07) is 16.4. The molecule has 1 saturated heterocycles. The van der Waals surface area contributed by atoms with Crippen LogP contribution in [0, 0.1) is 0 Å². The largest absolute Gasteiger partial charge is 0.491 e. The molecule has 1 amide bonds. The van der Waals surface area contributed by atoms with Gasteiger partial charge < -0.3 is 15.4 Å². The van der Waals surface area contributed by atoms with Crippen molar-refractivity contribution in [3.8, 4) is 5.75 Å². The summed E-state index contributed by atoms with van der Waals surface area (Å²) in [5.74, 6) is 0.694. The first-order valence-corrected chi connectivity index (χ1v) is 9.22. The summed E-state index contributed by atoms with van der Waals surface area (Å²) in [5.41, 5.74) is 6.98. The first kappa shape index (κ1) is 18.7. The van der Waals surface area contributed by atoms with E-state index in [0.29, 0.717) is 30.5 Å². The highest BCUT2D eigenvalue weighted by molar-refractivity contribution is 6.32. The number of para-hydroxylation sites is 1. The zero-order chi connectivity index (χ0) is 18.4. The number of ether oxygens (including phenoxy) is 1. The lowest BCUT2D eigenvalue weighted by Crippen LogP contribution is -2.51. The van der Waals surface area contributed by atoms with E-state index in [0.717, 1.165) is 25.2 Å². The lowest BCUT2D eigenvalue weighted by molar-refractivity contribution is -0.134. The number of hydrogen-bond acceptors (Lipinski definition) is 4. The summed E-state index contributed by atoms with van der Waals surface area (Å²) >= 11 is 6.09. The fourth-order valence-corrected chi connectivity index (χ4v) is 3.23. The van der Waals surface area contributed by atoms with Gasteiger partial charge in [0, 0.05) is 32.7 Å². The van der Waals surface area contributed by atoms with Crippen molar-refractivity contribution in [2.75, 3.05) is 39.3 Å². The van der Waals surface area contributed by atoms with Gasteiger partial charge in [-0.3, -0.25) is 9.69 Å². The van der Waals surface area contributed by atoms with Crippen LogP contribution in [-0.4, -0.2) is 55.0 Å². The van der Waals surface area contributed by atoms with Gasteiger partial charge in [-0.2, -0.15) is 0 Å². The molecule has 0 aromatic heterocycles. The molecule has 0 spiro atoms. The average molecular weight is 374 g/mol. The third-order valence-corrected chi connectivity index (χ3v) is 4.92. The minimum Gasteiger partial charge on any atom is -0.491 e. The van der Waals surface area contributed by atoms with E-state index in [9.17, 15) is 4.79 Å². The number of rotatable bonds is 6. The molecular weight excluding hydrogens is 350 g/mol. The van der Waals surface area contributed by atoms with Gasteiger partial charge in [-0.15, -0.1) is 0 Å². The van der Waals surface area contributed by atoms with Crippen molar-refractivity contribution in [2.24, 2.45) is 5.73 Å². The highest BCUT2D eigenvalue weighted by Gasteiger charge is 2.26. The number of carbonyl (C=O) groups excluding carboxylic acids is 1. The second kappa shape index (κ2) is 9.03. The summed E-state index contributed by atoms with van der Waals surface area (Å²) in [6.45, 7) is 4.38. The second-order valence-corrected chi connectivity index (χ2v) is 6.74. The SMILES string of the molecule is NC(C(=O)N1CCN(CCOc2ccccc2Cl)CC1)c1ccccc1. The molecule has 1 fully saturated rings. The Hall–Kier alpha value is -2.08. The van der Waals surface area contributed by atoms with E-state index in [2.05, 4.69) is 4.90 Å². The standard InChI is InChI=1S/C20H24ClN3O2/c21-17-8-4-5-9-18(17)26-15-14-23-10-12-24(13-11-23)20(25)19(22)16-6-2-1-3-7-16/h1-9,19H,10-15,22H2. The second-order valence-electron chi connectivity index (χ2n) is 6.33. The molecule has 5 nitrogen and oxygen atoms in total. The molecule has 1 aliphatic rings. The predicted octanol–water partition coefficient (Wildman–Crippen LogP) is 2.56. The van der Waals surface area contributed by atoms with Gasteiger partial charge in [0.2, 0.25) is 5.91 Å². The molecule has 1 atom stereocenters. The fourth-order valence-electron chi connectivity index (χ4n) is 3.04. The molecule has 138 valence electrons. The summed E-state index contributed by atoms with van der Waals surface area (Å²) < 4.78 is 5.74.